The van der Waals surface area contributed by atoms with Crippen molar-refractivity contribution < 1.29 is 4.79 Å². The van der Waals surface area contributed by atoms with Crippen LogP contribution in [0.25, 0.3) is 11.4 Å². The summed E-state index contributed by atoms with van der Waals surface area (Å²) >= 11 is 1.43. The van der Waals surface area contributed by atoms with E-state index in [4.69, 9.17) is 0 Å². The minimum absolute atomic E-state index is 0.113. The molecule has 0 N–H and O–H groups in total. The summed E-state index contributed by atoms with van der Waals surface area (Å²) in [7, 11) is 1.94. The van der Waals surface area contributed by atoms with Crippen LogP contribution in [-0.2, 0) is 13.5 Å². The van der Waals surface area contributed by atoms with E-state index in [1.807, 2.05) is 41.9 Å². The quantitative estimate of drug-likeness (QED) is 0.403. The van der Waals surface area contributed by atoms with Crippen LogP contribution < -0.4 is 0 Å². The summed E-state index contributed by atoms with van der Waals surface area (Å²) in [5.74, 6) is 1.29. The fourth-order valence-corrected chi connectivity index (χ4v) is 3.76. The molecule has 2 aromatic carbocycles. The Morgan fingerprint density at radius 2 is 1.81 bits per heavy atom. The van der Waals surface area contributed by atoms with E-state index in [1.54, 1.807) is 0 Å². The second kappa shape index (κ2) is 9.00. The molecule has 0 aliphatic carbocycles. The number of carbonyl (C=O) groups is 1. The molecule has 1 aromatic heterocycles. The Morgan fingerprint density at radius 3 is 2.52 bits per heavy atom. The van der Waals surface area contributed by atoms with Gasteiger partial charge in [-0.2, -0.15) is 0 Å². The van der Waals surface area contributed by atoms with Crippen LogP contribution in [0.15, 0.2) is 53.7 Å². The minimum atomic E-state index is 0.113. The van der Waals surface area contributed by atoms with E-state index < -0.39 is 0 Å². The summed E-state index contributed by atoms with van der Waals surface area (Å²) in [6.45, 7) is 4.25. The molecule has 0 radical (unpaired) electrons. The monoisotopic (exact) mass is 379 g/mol. The summed E-state index contributed by atoms with van der Waals surface area (Å²) in [4.78, 5) is 12.5. The molecule has 0 aliphatic heterocycles. The van der Waals surface area contributed by atoms with Crippen molar-refractivity contribution in [1.29, 1.82) is 0 Å². The maximum Gasteiger partial charge on any atom is 0.191 e. The van der Waals surface area contributed by atoms with Gasteiger partial charge in [-0.1, -0.05) is 73.6 Å². The van der Waals surface area contributed by atoms with Crippen LogP contribution in [-0.4, -0.2) is 26.3 Å². The maximum atomic E-state index is 12.5. The summed E-state index contributed by atoms with van der Waals surface area (Å²) in [5.41, 5.74) is 4.26. The zero-order valence-electron chi connectivity index (χ0n) is 16.1. The van der Waals surface area contributed by atoms with Gasteiger partial charge in [-0.25, -0.2) is 0 Å². The van der Waals surface area contributed by atoms with Crippen LogP contribution in [0.5, 0.6) is 0 Å². The number of rotatable bonds is 8. The first-order valence-electron chi connectivity index (χ1n) is 9.30. The Labute approximate surface area is 165 Å². The van der Waals surface area contributed by atoms with Gasteiger partial charge in [0.15, 0.2) is 16.8 Å². The third kappa shape index (κ3) is 4.66. The number of hydrogen-bond donors (Lipinski definition) is 0. The standard InChI is InChI=1S/C22H25N3OS/c1-4-5-9-17-11-13-18(14-12-17)20(26)15-27-22-24-23-21(25(22)3)19-10-7-6-8-16(19)2/h6-8,10-14H,4-5,9,15H2,1-3H3. The van der Waals surface area contributed by atoms with Gasteiger partial charge in [0.25, 0.3) is 0 Å². The van der Waals surface area contributed by atoms with E-state index in [0.29, 0.717) is 5.75 Å². The van der Waals surface area contributed by atoms with Gasteiger partial charge < -0.3 is 4.57 Å². The molecule has 4 nitrogen and oxygen atoms in total. The number of nitrogens with zero attached hydrogens (tertiary/aromatic N) is 3. The molecule has 3 aromatic rings. The van der Waals surface area contributed by atoms with E-state index in [9.17, 15) is 4.79 Å². The van der Waals surface area contributed by atoms with Crippen molar-refractivity contribution in [3.05, 3.63) is 65.2 Å². The Hall–Kier alpha value is -2.40. The number of ketones is 1. The highest BCUT2D eigenvalue weighted by atomic mass is 32.2. The van der Waals surface area contributed by atoms with Gasteiger partial charge in [0.05, 0.1) is 5.75 Å². The Morgan fingerprint density at radius 1 is 1.07 bits per heavy atom. The lowest BCUT2D eigenvalue weighted by Crippen LogP contribution is -2.04. The van der Waals surface area contributed by atoms with Gasteiger partial charge >= 0.3 is 0 Å². The van der Waals surface area contributed by atoms with E-state index >= 15 is 0 Å². The highest BCUT2D eigenvalue weighted by Crippen LogP contribution is 2.25. The molecule has 140 valence electrons. The van der Waals surface area contributed by atoms with E-state index in [-0.39, 0.29) is 5.78 Å². The van der Waals surface area contributed by atoms with Crippen LogP contribution in [0, 0.1) is 6.92 Å². The lowest BCUT2D eigenvalue weighted by Gasteiger charge is -2.06. The first-order valence-corrected chi connectivity index (χ1v) is 10.3. The molecule has 1 heterocycles. The molecule has 0 bridgehead atoms. The third-order valence-electron chi connectivity index (χ3n) is 4.65. The topological polar surface area (TPSA) is 47.8 Å². The second-order valence-electron chi connectivity index (χ2n) is 6.69. The van der Waals surface area contributed by atoms with Gasteiger partial charge in [0, 0.05) is 18.2 Å². The van der Waals surface area contributed by atoms with Crippen molar-refractivity contribution in [2.24, 2.45) is 7.05 Å². The fourth-order valence-electron chi connectivity index (χ4n) is 2.95. The molecule has 0 aliphatic rings. The lowest BCUT2D eigenvalue weighted by molar-refractivity contribution is 0.102. The van der Waals surface area contributed by atoms with Gasteiger partial charge in [-0.15, -0.1) is 10.2 Å². The predicted molar refractivity (Wildman–Crippen MR) is 111 cm³/mol. The van der Waals surface area contributed by atoms with Crippen LogP contribution in [0.1, 0.15) is 41.3 Å². The number of aryl methyl sites for hydroxylation is 2. The van der Waals surface area contributed by atoms with Gasteiger partial charge in [0.2, 0.25) is 0 Å². The number of carbonyl (C=O) groups excluding carboxylic acids is 1. The molecule has 0 amide bonds. The first-order chi connectivity index (χ1) is 13.1. The zero-order valence-corrected chi connectivity index (χ0v) is 16.9. The molecule has 0 unspecified atom stereocenters. The van der Waals surface area contributed by atoms with Crippen molar-refractivity contribution in [3.63, 3.8) is 0 Å². The number of hydrogen-bond acceptors (Lipinski definition) is 4. The SMILES string of the molecule is CCCCc1ccc(C(=O)CSc2nnc(-c3ccccc3C)n2C)cc1. The van der Waals surface area contributed by atoms with Crippen LogP contribution >= 0.6 is 11.8 Å². The molecule has 0 saturated heterocycles. The second-order valence-corrected chi connectivity index (χ2v) is 7.63. The maximum absolute atomic E-state index is 12.5. The molecule has 3 rings (SSSR count). The molecule has 5 heteroatoms. The molecule has 0 fully saturated rings. The van der Waals surface area contributed by atoms with Crippen LogP contribution in [0.4, 0.5) is 0 Å². The van der Waals surface area contributed by atoms with Gasteiger partial charge in [0.1, 0.15) is 0 Å². The van der Waals surface area contributed by atoms with Crippen molar-refractivity contribution in [2.45, 2.75) is 38.3 Å². The highest BCUT2D eigenvalue weighted by Gasteiger charge is 2.14. The van der Waals surface area contributed by atoms with E-state index in [1.165, 1.54) is 30.2 Å². The highest BCUT2D eigenvalue weighted by molar-refractivity contribution is 7.99. The van der Waals surface area contributed by atoms with E-state index in [0.717, 1.165) is 34.1 Å². The minimum Gasteiger partial charge on any atom is -0.305 e. The summed E-state index contributed by atoms with van der Waals surface area (Å²) in [6.07, 6.45) is 3.43. The third-order valence-corrected chi connectivity index (χ3v) is 5.67. The molecular formula is C22H25N3OS. The summed E-state index contributed by atoms with van der Waals surface area (Å²) in [5, 5.41) is 9.34. The number of thioether (sulfide) groups is 1. The average molecular weight is 380 g/mol. The van der Waals surface area contributed by atoms with Gasteiger partial charge in [-0.3, -0.25) is 4.79 Å². The van der Waals surface area contributed by atoms with Gasteiger partial charge in [-0.05, 0) is 30.9 Å². The van der Waals surface area contributed by atoms with Crippen molar-refractivity contribution in [3.8, 4) is 11.4 Å². The molecule has 0 atom stereocenters. The van der Waals surface area contributed by atoms with Crippen molar-refractivity contribution in [2.75, 3.05) is 5.75 Å². The number of unbranched alkanes of at least 4 members (excludes halogenated alkanes) is 1. The Balaban J connectivity index is 1.65. The molecule has 0 saturated carbocycles. The van der Waals surface area contributed by atoms with Crippen LogP contribution in [0.2, 0.25) is 0 Å². The smallest absolute Gasteiger partial charge is 0.191 e. The Kier molecular flexibility index (Phi) is 6.45. The Bertz CT molecular complexity index is 916. The number of benzene rings is 2. The molecule has 27 heavy (non-hydrogen) atoms. The van der Waals surface area contributed by atoms with Crippen molar-refractivity contribution in [1.82, 2.24) is 14.8 Å². The predicted octanol–water partition coefficient (Wildman–Crippen LogP) is 5.11. The largest absolute Gasteiger partial charge is 0.305 e. The average Bonchev–Trinajstić information content (AvgIpc) is 3.05. The number of Topliss-reactive ketones (excluding diaryl/α,β-unsaturated/α-hetero) is 1. The summed E-state index contributed by atoms with van der Waals surface area (Å²) < 4.78 is 1.95. The fraction of sp³-hybridized carbons (Fsp3) is 0.318. The molecule has 0 spiro atoms. The van der Waals surface area contributed by atoms with E-state index in [2.05, 4.69) is 42.2 Å². The summed E-state index contributed by atoms with van der Waals surface area (Å²) in [6, 6.07) is 16.1. The van der Waals surface area contributed by atoms with Crippen LogP contribution in [0.3, 0.4) is 0 Å². The normalized spacial score (nSPS) is 10.9. The number of aromatic nitrogens is 3. The zero-order chi connectivity index (χ0) is 19.2. The van der Waals surface area contributed by atoms with Crippen molar-refractivity contribution >= 4 is 17.5 Å². The lowest BCUT2D eigenvalue weighted by atomic mass is 10.1. The first kappa shape index (κ1) is 19.4. The molecular weight excluding hydrogens is 354 g/mol.